The average Bonchev–Trinajstić information content (AvgIpc) is 2.96. The molecule has 0 spiro atoms. The molecule has 0 aliphatic carbocycles. The lowest BCUT2D eigenvalue weighted by Crippen LogP contribution is -2.56. The normalized spacial score (nSPS) is 17.9. The SMILES string of the molecule is CCCn1cc(/C=C2/C(=O)NC(=S)N(C(C)CC)C2=O)c2ccccc21. The fraction of sp³-hybridized carbons (Fsp3) is 0.350. The second-order valence-corrected chi connectivity index (χ2v) is 6.93. The Balaban J connectivity index is 2.08. The van der Waals surface area contributed by atoms with E-state index in [1.807, 2.05) is 38.2 Å². The summed E-state index contributed by atoms with van der Waals surface area (Å²) in [7, 11) is 0. The number of aryl methyl sites for hydroxylation is 1. The van der Waals surface area contributed by atoms with Gasteiger partial charge in [0.15, 0.2) is 5.11 Å². The van der Waals surface area contributed by atoms with Gasteiger partial charge in [-0.2, -0.15) is 0 Å². The van der Waals surface area contributed by atoms with Crippen molar-refractivity contribution >= 4 is 46.1 Å². The summed E-state index contributed by atoms with van der Waals surface area (Å²) in [4.78, 5) is 26.8. The molecule has 1 saturated heterocycles. The van der Waals surface area contributed by atoms with Gasteiger partial charge in [-0.3, -0.25) is 19.8 Å². The number of fused-ring (bicyclic) bond motifs is 1. The number of hydrogen-bond donors (Lipinski definition) is 1. The first kappa shape index (κ1) is 18.3. The van der Waals surface area contributed by atoms with Gasteiger partial charge in [-0.15, -0.1) is 0 Å². The fourth-order valence-electron chi connectivity index (χ4n) is 3.23. The molecule has 1 N–H and O–H groups in total. The highest BCUT2D eigenvalue weighted by atomic mass is 32.1. The van der Waals surface area contributed by atoms with Crippen LogP contribution in [0.5, 0.6) is 0 Å². The van der Waals surface area contributed by atoms with Gasteiger partial charge < -0.3 is 4.57 Å². The molecule has 0 bridgehead atoms. The van der Waals surface area contributed by atoms with Crippen LogP contribution in [0.3, 0.4) is 0 Å². The van der Waals surface area contributed by atoms with Crippen molar-refractivity contribution in [3.8, 4) is 0 Å². The molecule has 1 aromatic carbocycles. The summed E-state index contributed by atoms with van der Waals surface area (Å²) in [6.07, 6.45) is 5.44. The van der Waals surface area contributed by atoms with Crippen molar-refractivity contribution in [2.75, 3.05) is 0 Å². The lowest BCUT2D eigenvalue weighted by atomic mass is 10.1. The Hall–Kier alpha value is -2.47. The summed E-state index contributed by atoms with van der Waals surface area (Å²) < 4.78 is 2.16. The second-order valence-electron chi connectivity index (χ2n) is 6.54. The molecule has 136 valence electrons. The standard InChI is InChI=1S/C20H23N3O2S/c1-4-10-22-12-14(15-8-6-7-9-17(15)22)11-16-18(24)21-20(26)23(19(16)25)13(3)5-2/h6-9,11-13H,4-5,10H2,1-3H3,(H,21,24,26)/b16-11-. The summed E-state index contributed by atoms with van der Waals surface area (Å²) in [6.45, 7) is 6.91. The quantitative estimate of drug-likeness (QED) is 0.499. The molecule has 1 aliphatic rings. The van der Waals surface area contributed by atoms with E-state index in [4.69, 9.17) is 12.2 Å². The number of rotatable bonds is 5. The molecule has 2 heterocycles. The van der Waals surface area contributed by atoms with Crippen LogP contribution in [0.4, 0.5) is 0 Å². The minimum absolute atomic E-state index is 0.0690. The van der Waals surface area contributed by atoms with Crippen LogP contribution in [0.15, 0.2) is 36.0 Å². The van der Waals surface area contributed by atoms with Crippen molar-refractivity contribution in [3.05, 3.63) is 41.6 Å². The molecule has 2 amide bonds. The fourth-order valence-corrected chi connectivity index (χ4v) is 3.58. The minimum Gasteiger partial charge on any atom is -0.347 e. The first-order valence-corrected chi connectivity index (χ1v) is 9.37. The van der Waals surface area contributed by atoms with Crippen LogP contribution >= 0.6 is 12.2 Å². The van der Waals surface area contributed by atoms with E-state index < -0.39 is 5.91 Å². The molecule has 1 aromatic heterocycles. The lowest BCUT2D eigenvalue weighted by molar-refractivity contribution is -0.130. The van der Waals surface area contributed by atoms with Crippen molar-refractivity contribution in [2.24, 2.45) is 0 Å². The molecule has 1 aliphatic heterocycles. The van der Waals surface area contributed by atoms with E-state index in [9.17, 15) is 9.59 Å². The van der Waals surface area contributed by atoms with Crippen LogP contribution < -0.4 is 5.32 Å². The number of nitrogens with one attached hydrogen (secondary N) is 1. The summed E-state index contributed by atoms with van der Waals surface area (Å²) in [5, 5.41) is 3.85. The van der Waals surface area contributed by atoms with Gasteiger partial charge in [0.2, 0.25) is 0 Å². The zero-order chi connectivity index (χ0) is 18.8. The average molecular weight is 369 g/mol. The number of thiocarbonyl (C=S) groups is 1. The molecular weight excluding hydrogens is 346 g/mol. The molecule has 1 atom stereocenters. The number of aromatic nitrogens is 1. The molecule has 6 heteroatoms. The van der Waals surface area contributed by atoms with Gasteiger partial charge in [0.05, 0.1) is 0 Å². The third kappa shape index (κ3) is 3.17. The Morgan fingerprint density at radius 3 is 2.65 bits per heavy atom. The Morgan fingerprint density at radius 2 is 1.96 bits per heavy atom. The van der Waals surface area contributed by atoms with E-state index in [1.54, 1.807) is 6.08 Å². The Morgan fingerprint density at radius 1 is 1.23 bits per heavy atom. The second kappa shape index (κ2) is 7.41. The Bertz CT molecular complexity index is 913. The van der Waals surface area contributed by atoms with Gasteiger partial charge in [0, 0.05) is 35.2 Å². The van der Waals surface area contributed by atoms with Gasteiger partial charge >= 0.3 is 0 Å². The number of carbonyl (C=O) groups excluding carboxylic acids is 2. The van der Waals surface area contributed by atoms with Gasteiger partial charge in [-0.1, -0.05) is 32.0 Å². The van der Waals surface area contributed by atoms with Crippen molar-refractivity contribution < 1.29 is 9.59 Å². The number of para-hydroxylation sites is 1. The van der Waals surface area contributed by atoms with Crippen molar-refractivity contribution in [1.82, 2.24) is 14.8 Å². The van der Waals surface area contributed by atoms with Crippen LogP contribution in [-0.2, 0) is 16.1 Å². The Kier molecular flexibility index (Phi) is 5.23. The number of nitrogens with zero attached hydrogens (tertiary/aromatic N) is 2. The van der Waals surface area contributed by atoms with Crippen LogP contribution in [0.2, 0.25) is 0 Å². The van der Waals surface area contributed by atoms with E-state index >= 15 is 0 Å². The Labute approximate surface area is 158 Å². The topological polar surface area (TPSA) is 54.3 Å². The monoisotopic (exact) mass is 369 g/mol. The smallest absolute Gasteiger partial charge is 0.265 e. The highest BCUT2D eigenvalue weighted by Crippen LogP contribution is 2.25. The zero-order valence-corrected chi connectivity index (χ0v) is 16.1. The van der Waals surface area contributed by atoms with Gasteiger partial charge in [-0.05, 0) is 44.1 Å². The lowest BCUT2D eigenvalue weighted by Gasteiger charge is -2.33. The van der Waals surface area contributed by atoms with Crippen LogP contribution in [0.25, 0.3) is 17.0 Å². The van der Waals surface area contributed by atoms with Crippen molar-refractivity contribution in [2.45, 2.75) is 46.2 Å². The predicted octanol–water partition coefficient (Wildman–Crippen LogP) is 3.48. The first-order valence-electron chi connectivity index (χ1n) is 8.96. The third-order valence-corrected chi connectivity index (χ3v) is 5.05. The molecule has 26 heavy (non-hydrogen) atoms. The molecule has 2 aromatic rings. The largest absolute Gasteiger partial charge is 0.347 e. The van der Waals surface area contributed by atoms with Gasteiger partial charge in [0.1, 0.15) is 5.57 Å². The van der Waals surface area contributed by atoms with Crippen LogP contribution in [0.1, 0.15) is 39.2 Å². The van der Waals surface area contributed by atoms with E-state index in [-0.39, 0.29) is 22.6 Å². The summed E-state index contributed by atoms with van der Waals surface area (Å²) in [6, 6.07) is 7.95. The molecule has 1 unspecified atom stereocenters. The van der Waals surface area contributed by atoms with Crippen molar-refractivity contribution in [3.63, 3.8) is 0 Å². The minimum atomic E-state index is -0.438. The molecular formula is C20H23N3O2S. The van der Waals surface area contributed by atoms with Crippen LogP contribution in [-0.4, -0.2) is 32.4 Å². The van der Waals surface area contributed by atoms with Crippen LogP contribution in [0, 0.1) is 0 Å². The van der Waals surface area contributed by atoms with E-state index in [0.29, 0.717) is 0 Å². The van der Waals surface area contributed by atoms with Crippen molar-refractivity contribution in [1.29, 1.82) is 0 Å². The molecule has 1 fully saturated rings. The summed E-state index contributed by atoms with van der Waals surface area (Å²) in [5.41, 5.74) is 2.09. The number of benzene rings is 1. The first-order chi connectivity index (χ1) is 12.5. The molecule has 5 nitrogen and oxygen atoms in total. The number of amides is 2. The number of hydrogen-bond acceptors (Lipinski definition) is 3. The summed E-state index contributed by atoms with van der Waals surface area (Å²) >= 11 is 5.20. The van der Waals surface area contributed by atoms with E-state index in [2.05, 4.69) is 22.9 Å². The highest BCUT2D eigenvalue weighted by molar-refractivity contribution is 7.80. The zero-order valence-electron chi connectivity index (χ0n) is 15.3. The number of carbonyl (C=O) groups is 2. The maximum atomic E-state index is 12.9. The molecule has 3 rings (SSSR count). The molecule has 0 saturated carbocycles. The predicted molar refractivity (Wildman–Crippen MR) is 108 cm³/mol. The summed E-state index contributed by atoms with van der Waals surface area (Å²) in [5.74, 6) is -0.771. The third-order valence-electron chi connectivity index (χ3n) is 4.75. The van der Waals surface area contributed by atoms with E-state index in [0.717, 1.165) is 35.9 Å². The molecule has 0 radical (unpaired) electrons. The highest BCUT2D eigenvalue weighted by Gasteiger charge is 2.35. The van der Waals surface area contributed by atoms with Gasteiger partial charge in [0.25, 0.3) is 11.8 Å². The maximum absolute atomic E-state index is 12.9. The maximum Gasteiger partial charge on any atom is 0.265 e. The van der Waals surface area contributed by atoms with E-state index in [1.165, 1.54) is 4.90 Å². The van der Waals surface area contributed by atoms with Gasteiger partial charge in [-0.25, -0.2) is 0 Å².